The molecule has 4 rings (SSSR count). The highest BCUT2D eigenvalue weighted by Gasteiger charge is 2.55. The van der Waals surface area contributed by atoms with Crippen molar-refractivity contribution in [3.63, 3.8) is 0 Å². The second-order valence-electron chi connectivity index (χ2n) is 9.44. The van der Waals surface area contributed by atoms with E-state index in [0.29, 0.717) is 38.3 Å². The van der Waals surface area contributed by atoms with E-state index in [-0.39, 0.29) is 42.7 Å². The van der Waals surface area contributed by atoms with E-state index < -0.39 is 11.9 Å². The number of benzene rings is 1. The lowest BCUT2D eigenvalue weighted by molar-refractivity contribution is -0.274. The Morgan fingerprint density at radius 2 is 1.77 bits per heavy atom. The lowest BCUT2D eigenvalue weighted by Gasteiger charge is -2.38. The molecule has 2 atom stereocenters. The number of nitrogens with zero attached hydrogens (tertiary/aromatic N) is 3. The lowest BCUT2D eigenvalue weighted by Crippen LogP contribution is -2.55. The van der Waals surface area contributed by atoms with Crippen molar-refractivity contribution in [1.82, 2.24) is 20.0 Å². The van der Waals surface area contributed by atoms with Crippen LogP contribution in [0.1, 0.15) is 32.6 Å². The number of alkyl halides is 3. The van der Waals surface area contributed by atoms with Gasteiger partial charge in [-0.25, -0.2) is 9.69 Å². The molecular weight excluding hydrogens is 467 g/mol. The number of nitrogens with one attached hydrogen (secondary N) is 2. The Hall–Kier alpha value is -2.86. The van der Waals surface area contributed by atoms with Gasteiger partial charge in [0.1, 0.15) is 11.3 Å². The van der Waals surface area contributed by atoms with Gasteiger partial charge in [0, 0.05) is 31.9 Å². The molecule has 1 aliphatic carbocycles. The maximum atomic E-state index is 13.1. The van der Waals surface area contributed by atoms with Crippen molar-refractivity contribution in [3.05, 3.63) is 24.3 Å². The van der Waals surface area contributed by atoms with E-state index in [1.807, 2.05) is 16.7 Å². The van der Waals surface area contributed by atoms with Gasteiger partial charge in [0.05, 0.1) is 13.2 Å². The average molecular weight is 498 g/mol. The molecule has 3 fully saturated rings. The number of piperazine rings is 1. The number of halogens is 3. The van der Waals surface area contributed by atoms with Crippen molar-refractivity contribution in [3.8, 4) is 5.75 Å². The van der Waals surface area contributed by atoms with Crippen molar-refractivity contribution in [1.29, 1.82) is 0 Å². The molecule has 1 aromatic rings. The molecule has 2 saturated heterocycles. The Bertz CT molecular complexity index is 949. The summed E-state index contributed by atoms with van der Waals surface area (Å²) in [5, 5.41) is 5.63. The minimum atomic E-state index is -4.77. The fourth-order valence-electron chi connectivity index (χ4n) is 5.06. The smallest absolute Gasteiger partial charge is 0.406 e. The van der Waals surface area contributed by atoms with Crippen molar-refractivity contribution in [2.75, 3.05) is 44.7 Å². The van der Waals surface area contributed by atoms with E-state index in [1.165, 1.54) is 17.0 Å². The summed E-state index contributed by atoms with van der Waals surface area (Å²) >= 11 is 0. The molecule has 2 aliphatic heterocycles. The molecule has 1 aromatic carbocycles. The lowest BCUT2D eigenvalue weighted by atomic mass is 9.73. The molecule has 192 valence electrons. The molecule has 0 radical (unpaired) electrons. The van der Waals surface area contributed by atoms with Crippen molar-refractivity contribution < 1.29 is 32.3 Å². The predicted octanol–water partition coefficient (Wildman–Crippen LogP) is 2.60. The van der Waals surface area contributed by atoms with Crippen LogP contribution in [0.25, 0.3) is 0 Å². The van der Waals surface area contributed by atoms with Crippen LogP contribution >= 0.6 is 0 Å². The molecule has 2 heterocycles. The van der Waals surface area contributed by atoms with Crippen molar-refractivity contribution >= 4 is 23.5 Å². The molecule has 2 N–H and O–H groups in total. The van der Waals surface area contributed by atoms with E-state index in [2.05, 4.69) is 15.4 Å². The number of urea groups is 1. The molecule has 12 heteroatoms. The van der Waals surface area contributed by atoms with Gasteiger partial charge in [0.15, 0.2) is 0 Å². The first-order valence-electron chi connectivity index (χ1n) is 11.8. The van der Waals surface area contributed by atoms with Gasteiger partial charge in [-0.05, 0) is 43.0 Å². The third-order valence-electron chi connectivity index (χ3n) is 7.05. The number of hydrogen-bond acceptors (Lipinski definition) is 6. The third-order valence-corrected chi connectivity index (χ3v) is 7.05. The second-order valence-corrected chi connectivity index (χ2v) is 9.44. The number of anilines is 1. The minimum Gasteiger partial charge on any atom is -0.406 e. The Morgan fingerprint density at radius 1 is 1.11 bits per heavy atom. The second kappa shape index (κ2) is 10.0. The summed E-state index contributed by atoms with van der Waals surface area (Å²) in [5.41, 5.74) is -0.403. The molecule has 1 saturated carbocycles. The number of imide groups is 1. The molecule has 3 aliphatic rings. The van der Waals surface area contributed by atoms with Gasteiger partial charge < -0.3 is 15.4 Å². The van der Waals surface area contributed by atoms with E-state index in [4.69, 9.17) is 0 Å². The summed E-state index contributed by atoms with van der Waals surface area (Å²) in [6, 6.07) is 4.62. The molecule has 9 nitrogen and oxygen atoms in total. The monoisotopic (exact) mass is 497 g/mol. The fourth-order valence-corrected chi connectivity index (χ4v) is 5.06. The van der Waals surface area contributed by atoms with Crippen LogP contribution in [-0.4, -0.2) is 83.8 Å². The first-order chi connectivity index (χ1) is 16.6. The number of ether oxygens (including phenoxy) is 1. The number of rotatable bonds is 6. The molecule has 0 aromatic heterocycles. The third kappa shape index (κ3) is 5.87. The van der Waals surface area contributed by atoms with Crippen LogP contribution in [-0.2, 0) is 9.59 Å². The van der Waals surface area contributed by atoms with Crippen molar-refractivity contribution in [2.24, 2.45) is 5.92 Å². The van der Waals surface area contributed by atoms with Crippen LogP contribution in [0.15, 0.2) is 24.3 Å². The van der Waals surface area contributed by atoms with Gasteiger partial charge in [0.25, 0.3) is 5.91 Å². The molecule has 35 heavy (non-hydrogen) atoms. The summed E-state index contributed by atoms with van der Waals surface area (Å²) in [6.07, 6.45) is -1.17. The van der Waals surface area contributed by atoms with Gasteiger partial charge in [-0.2, -0.15) is 0 Å². The van der Waals surface area contributed by atoms with Crippen LogP contribution in [0, 0.1) is 5.92 Å². The number of amides is 4. The highest BCUT2D eigenvalue weighted by atomic mass is 19.4. The number of hydrogen-bond donors (Lipinski definition) is 2. The van der Waals surface area contributed by atoms with Gasteiger partial charge in [0.2, 0.25) is 5.91 Å². The Kier molecular flexibility index (Phi) is 7.22. The van der Waals surface area contributed by atoms with Crippen LogP contribution in [0.5, 0.6) is 5.75 Å². The first-order valence-corrected chi connectivity index (χ1v) is 11.8. The molecule has 0 unspecified atom stereocenters. The summed E-state index contributed by atoms with van der Waals surface area (Å²) in [4.78, 5) is 43.4. The number of carbonyl (C=O) groups excluding carboxylic acids is 3. The van der Waals surface area contributed by atoms with Gasteiger partial charge in [-0.15, -0.1) is 13.2 Å². The summed E-state index contributed by atoms with van der Waals surface area (Å²) in [6.45, 7) is 4.72. The SMILES string of the molecule is C[C@@H]1CCCC[C@@]12NC(=O)N(CN1CCN(CC(=O)Nc3ccc(OC(F)(F)F)cc3)CC1)C2=O. The standard InChI is InChI=1S/C23H30F3N5O4/c1-16-4-2-3-9-22(16)20(33)31(21(34)28-22)15-30-12-10-29(11-13-30)14-19(32)27-17-5-7-18(8-6-17)35-23(24,25)26/h5-8,16H,2-4,9-15H2,1H3,(H,27,32)(H,28,34)/t16-,22-/m1/s1. The molecule has 0 bridgehead atoms. The van der Waals surface area contributed by atoms with Crippen LogP contribution in [0.2, 0.25) is 0 Å². The van der Waals surface area contributed by atoms with Crippen LogP contribution in [0.4, 0.5) is 23.7 Å². The fraction of sp³-hybridized carbons (Fsp3) is 0.609. The summed E-state index contributed by atoms with van der Waals surface area (Å²) in [7, 11) is 0. The topological polar surface area (TPSA) is 94.2 Å². The summed E-state index contributed by atoms with van der Waals surface area (Å²) < 4.78 is 40.6. The van der Waals surface area contributed by atoms with E-state index in [9.17, 15) is 27.6 Å². The van der Waals surface area contributed by atoms with Gasteiger partial charge in [-0.1, -0.05) is 19.8 Å². The Morgan fingerprint density at radius 3 is 2.40 bits per heavy atom. The van der Waals surface area contributed by atoms with E-state index in [0.717, 1.165) is 31.4 Å². The quantitative estimate of drug-likeness (QED) is 0.587. The van der Waals surface area contributed by atoms with E-state index in [1.54, 1.807) is 0 Å². The van der Waals surface area contributed by atoms with E-state index >= 15 is 0 Å². The zero-order valence-corrected chi connectivity index (χ0v) is 19.6. The Labute approximate surface area is 201 Å². The Balaban J connectivity index is 1.22. The average Bonchev–Trinajstić information content (AvgIpc) is 3.02. The zero-order valence-electron chi connectivity index (χ0n) is 19.6. The molecule has 1 spiro atoms. The van der Waals surface area contributed by atoms with Crippen molar-refractivity contribution in [2.45, 2.75) is 44.5 Å². The predicted molar refractivity (Wildman–Crippen MR) is 120 cm³/mol. The van der Waals surface area contributed by atoms with Gasteiger partial charge in [-0.3, -0.25) is 19.4 Å². The van der Waals surface area contributed by atoms with Crippen LogP contribution < -0.4 is 15.4 Å². The summed E-state index contributed by atoms with van der Waals surface area (Å²) in [5.74, 6) is -0.671. The maximum Gasteiger partial charge on any atom is 0.573 e. The van der Waals surface area contributed by atoms with Crippen LogP contribution in [0.3, 0.4) is 0 Å². The zero-order chi connectivity index (χ0) is 25.2. The first kappa shape index (κ1) is 25.2. The molecule has 4 amide bonds. The number of carbonyl (C=O) groups is 3. The highest BCUT2D eigenvalue weighted by molar-refractivity contribution is 6.07. The normalized spacial score (nSPS) is 26.2. The van der Waals surface area contributed by atoms with Gasteiger partial charge >= 0.3 is 12.4 Å². The molecular formula is C23H30F3N5O4. The largest absolute Gasteiger partial charge is 0.573 e. The highest BCUT2D eigenvalue weighted by Crippen LogP contribution is 2.38. The maximum absolute atomic E-state index is 13.1. The minimum absolute atomic E-state index is 0.112.